The molecule has 2 radical (unpaired) electrons. The summed E-state index contributed by atoms with van der Waals surface area (Å²) in [7, 11) is 5.34. The number of hydrogen-bond donors (Lipinski definition) is 0. The first-order valence-electron chi connectivity index (χ1n) is 3.26. The molecule has 0 bridgehead atoms. The molecule has 0 aliphatic heterocycles. The molecule has 0 aliphatic rings. The zero-order valence-corrected chi connectivity index (χ0v) is 9.87. The molecule has 56 valence electrons. The molecule has 0 spiro atoms. The summed E-state index contributed by atoms with van der Waals surface area (Å²) in [4.78, 5) is 9.12. The van der Waals surface area contributed by atoms with Crippen LogP contribution < -0.4 is 5.46 Å². The Bertz CT molecular complexity index is 189. The molecule has 0 fully saturated rings. The first kappa shape index (κ1) is 14.5. The van der Waals surface area contributed by atoms with Crippen LogP contribution in [0.3, 0.4) is 0 Å². The Balaban J connectivity index is 0. The molecule has 0 atom stereocenters. The Morgan fingerprint density at radius 2 is 1.92 bits per heavy atom. The maximum absolute atomic E-state index is 9.12. The van der Waals surface area contributed by atoms with Crippen LogP contribution >= 0.6 is 0 Å². The molecule has 1 nitrogen and oxygen atoms in total. The molecule has 0 aliphatic carbocycles. The third-order valence-electron chi connectivity index (χ3n) is 0.880. The van der Waals surface area contributed by atoms with Gasteiger partial charge in [-0.25, -0.2) is 5.46 Å². The van der Waals surface area contributed by atoms with Gasteiger partial charge in [0.25, 0.3) is 0 Å². The zero-order chi connectivity index (χ0) is 8.53. The fourth-order valence-corrected chi connectivity index (χ4v) is 0.400. The van der Waals surface area contributed by atoms with E-state index in [4.69, 9.17) is 12.6 Å². The molecule has 0 amide bonds. The second-order valence-electron chi connectivity index (χ2n) is 1.80. The summed E-state index contributed by atoms with van der Waals surface area (Å²) in [6, 6.07) is 10.0. The Hall–Kier alpha value is -0.0712. The number of carbonyl (C=O) groups excluding carboxylic acids is 1. The molecule has 0 N–H and O–H groups in total. The monoisotopic (exact) mass is 233 g/mol. The number of rotatable bonds is 1. The van der Waals surface area contributed by atoms with E-state index in [9.17, 15) is 0 Å². The topological polar surface area (TPSA) is 17.1 Å². The Labute approximate surface area is 100 Å². The van der Waals surface area contributed by atoms with Crippen LogP contribution in [0.15, 0.2) is 24.3 Å². The number of carbonyl (C=O) groups is 1. The van der Waals surface area contributed by atoms with Crippen LogP contribution in [0.5, 0.6) is 0 Å². The largest absolute Gasteiger partial charge is 3.00 e. The van der Waals surface area contributed by atoms with Crippen LogP contribution in [0.1, 0.15) is 6.92 Å². The second kappa shape index (κ2) is 10.9. The summed E-state index contributed by atoms with van der Waals surface area (Å²) < 4.78 is 0. The summed E-state index contributed by atoms with van der Waals surface area (Å²) in [6.07, 6.45) is 2.19. The Kier molecular flexibility index (Phi) is 13.2. The molecule has 1 rings (SSSR count). The molecule has 12 heavy (non-hydrogen) atoms. The van der Waals surface area contributed by atoms with Crippen LogP contribution in [0, 0.1) is 12.5 Å². The van der Waals surface area contributed by atoms with Crippen LogP contribution in [-0.2, 0) is 37.5 Å². The SMILES string of the molecule is C[CH-]C=O.[B]c1cc[c-]cc1.[Y+3]. The summed E-state index contributed by atoms with van der Waals surface area (Å²) in [5.41, 5.74) is 0.791. The second-order valence-corrected chi connectivity index (χ2v) is 1.80. The van der Waals surface area contributed by atoms with Gasteiger partial charge in [-0.3, -0.25) is 0 Å². The minimum absolute atomic E-state index is 0. The first-order chi connectivity index (χ1) is 5.31. The standard InChI is InChI=1S/C6H4B.C3H5O.Y/c7-6-4-2-1-3-5-6;1-2-3-4;/h2-5H;2-3H,1H3;/q2*-1;+3. The first-order valence-corrected chi connectivity index (χ1v) is 3.26. The van der Waals surface area contributed by atoms with Gasteiger partial charge in [-0.1, -0.05) is 0 Å². The van der Waals surface area contributed by atoms with Crippen molar-refractivity contribution in [1.29, 1.82) is 0 Å². The average molecular weight is 233 g/mol. The molecule has 0 unspecified atom stereocenters. The average Bonchev–Trinajstić information content (AvgIpc) is 2.07. The third kappa shape index (κ3) is 9.93. The minimum Gasteiger partial charge on any atom is -0.338 e. The van der Waals surface area contributed by atoms with Gasteiger partial charge in [0, 0.05) is 0 Å². The van der Waals surface area contributed by atoms with Crippen molar-refractivity contribution >= 4 is 19.6 Å². The van der Waals surface area contributed by atoms with Gasteiger partial charge in [0.1, 0.15) is 0 Å². The molecule has 0 heterocycles. The summed E-state index contributed by atoms with van der Waals surface area (Å²) in [6.45, 7) is 1.69. The van der Waals surface area contributed by atoms with Gasteiger partial charge in [0.15, 0.2) is 0 Å². The van der Waals surface area contributed by atoms with Gasteiger partial charge in [-0.15, -0.1) is 0 Å². The fourth-order valence-electron chi connectivity index (χ4n) is 0.400. The van der Waals surface area contributed by atoms with E-state index in [1.807, 2.05) is 0 Å². The van der Waals surface area contributed by atoms with Crippen molar-refractivity contribution in [3.8, 4) is 0 Å². The van der Waals surface area contributed by atoms with Gasteiger partial charge in [-0.05, 0) is 6.29 Å². The van der Waals surface area contributed by atoms with Crippen molar-refractivity contribution in [2.45, 2.75) is 6.92 Å². The van der Waals surface area contributed by atoms with Gasteiger partial charge >= 0.3 is 32.7 Å². The number of hydrogen-bond acceptors (Lipinski definition) is 1. The Morgan fingerprint density at radius 3 is 2.08 bits per heavy atom. The quantitative estimate of drug-likeness (QED) is 0.396. The van der Waals surface area contributed by atoms with Gasteiger partial charge in [-0.2, -0.15) is 37.3 Å². The molecular formula is C9H9BOY+. The van der Waals surface area contributed by atoms with Crippen molar-refractivity contribution in [2.24, 2.45) is 0 Å². The van der Waals surface area contributed by atoms with E-state index >= 15 is 0 Å². The summed E-state index contributed by atoms with van der Waals surface area (Å²) in [5.74, 6) is 0. The van der Waals surface area contributed by atoms with Gasteiger partial charge in [0.2, 0.25) is 0 Å². The Morgan fingerprint density at radius 1 is 1.50 bits per heavy atom. The van der Waals surface area contributed by atoms with E-state index in [0.29, 0.717) is 0 Å². The molecule has 1 aromatic carbocycles. The minimum atomic E-state index is 0. The van der Waals surface area contributed by atoms with Gasteiger partial charge < -0.3 is 11.2 Å². The summed E-state index contributed by atoms with van der Waals surface area (Å²) in [5, 5.41) is 0. The van der Waals surface area contributed by atoms with Crippen molar-refractivity contribution in [2.75, 3.05) is 0 Å². The van der Waals surface area contributed by atoms with Crippen molar-refractivity contribution in [3.05, 3.63) is 36.8 Å². The van der Waals surface area contributed by atoms with E-state index in [2.05, 4.69) is 6.07 Å². The van der Waals surface area contributed by atoms with E-state index in [1.54, 1.807) is 31.2 Å². The molecule has 1 aromatic rings. The number of benzene rings is 1. The van der Waals surface area contributed by atoms with Crippen LogP contribution in [0.4, 0.5) is 0 Å². The molecule has 0 saturated carbocycles. The third-order valence-corrected chi connectivity index (χ3v) is 0.880. The van der Waals surface area contributed by atoms with E-state index < -0.39 is 0 Å². The van der Waals surface area contributed by atoms with Crippen LogP contribution in [0.2, 0.25) is 0 Å². The van der Waals surface area contributed by atoms with E-state index in [1.165, 1.54) is 6.42 Å². The maximum Gasteiger partial charge on any atom is 3.00 e. The van der Waals surface area contributed by atoms with Crippen LogP contribution in [-0.4, -0.2) is 14.1 Å². The van der Waals surface area contributed by atoms with Crippen molar-refractivity contribution in [3.63, 3.8) is 0 Å². The van der Waals surface area contributed by atoms with E-state index in [0.717, 1.165) is 11.7 Å². The zero-order valence-electron chi connectivity index (χ0n) is 7.03. The van der Waals surface area contributed by atoms with Crippen molar-refractivity contribution in [1.82, 2.24) is 0 Å². The molecule has 0 saturated heterocycles. The molecular weight excluding hydrogens is 224 g/mol. The number of aldehydes is 1. The maximum atomic E-state index is 9.12. The van der Waals surface area contributed by atoms with Crippen molar-refractivity contribution < 1.29 is 37.5 Å². The fraction of sp³-hybridized carbons (Fsp3) is 0.111. The van der Waals surface area contributed by atoms with Gasteiger partial charge in [0.05, 0.1) is 7.85 Å². The van der Waals surface area contributed by atoms with Crippen LogP contribution in [0.25, 0.3) is 0 Å². The smallest absolute Gasteiger partial charge is 0.338 e. The molecule has 3 heteroatoms. The predicted octanol–water partition coefficient (Wildman–Crippen LogP) is 0.688. The van der Waals surface area contributed by atoms with E-state index in [-0.39, 0.29) is 32.7 Å². The molecule has 0 aromatic heterocycles. The summed E-state index contributed by atoms with van der Waals surface area (Å²) >= 11 is 0. The predicted molar refractivity (Wildman–Crippen MR) is 46.7 cm³/mol. The normalized spacial score (nSPS) is 6.75.